The molecule has 3 rings (SSSR count). The number of thioether (sulfide) groups is 1. The molecule has 0 spiro atoms. The molecule has 0 aliphatic rings. The van der Waals surface area contributed by atoms with Crippen molar-refractivity contribution in [1.82, 2.24) is 5.16 Å². The summed E-state index contributed by atoms with van der Waals surface area (Å²) in [6.07, 6.45) is 0. The van der Waals surface area contributed by atoms with Crippen LogP contribution in [0, 0.1) is 5.82 Å². The van der Waals surface area contributed by atoms with Crippen molar-refractivity contribution in [2.45, 2.75) is 11.5 Å². The number of methoxy groups -OCH3 is 2. The van der Waals surface area contributed by atoms with Crippen molar-refractivity contribution < 1.29 is 27.9 Å². The number of esters is 1. The minimum atomic E-state index is -0.398. The van der Waals surface area contributed by atoms with Gasteiger partial charge in [0.25, 0.3) is 0 Å². The third-order valence-electron chi connectivity index (χ3n) is 3.78. The second-order valence-electron chi connectivity index (χ2n) is 5.66. The molecular weight excluding hydrogens is 385 g/mol. The average Bonchev–Trinajstić information content (AvgIpc) is 3.20. The first-order valence-corrected chi connectivity index (χ1v) is 9.29. The minimum absolute atomic E-state index is 0.000396. The Bertz CT molecular complexity index is 942. The molecule has 0 N–H and O–H groups in total. The highest BCUT2D eigenvalue weighted by Gasteiger charge is 2.12. The summed E-state index contributed by atoms with van der Waals surface area (Å²) in [6.45, 7) is -0.000396. The Morgan fingerprint density at radius 3 is 2.54 bits per heavy atom. The van der Waals surface area contributed by atoms with Gasteiger partial charge in [-0.25, -0.2) is 4.39 Å². The maximum Gasteiger partial charge on any atom is 0.316 e. The van der Waals surface area contributed by atoms with Crippen LogP contribution in [0.5, 0.6) is 11.5 Å². The zero-order chi connectivity index (χ0) is 19.9. The highest BCUT2D eigenvalue weighted by atomic mass is 32.2. The van der Waals surface area contributed by atoms with Gasteiger partial charge < -0.3 is 18.7 Å². The molecule has 0 radical (unpaired) electrons. The SMILES string of the molecule is COc1ccc(-c2cc(COC(=O)CSc3ccc(F)cc3)no2)cc1OC. The highest BCUT2D eigenvalue weighted by molar-refractivity contribution is 8.00. The molecule has 146 valence electrons. The third kappa shape index (κ3) is 5.04. The van der Waals surface area contributed by atoms with Gasteiger partial charge in [0.2, 0.25) is 0 Å². The predicted molar refractivity (Wildman–Crippen MR) is 102 cm³/mol. The molecule has 1 heterocycles. The summed E-state index contributed by atoms with van der Waals surface area (Å²) in [5.74, 6) is 1.10. The Morgan fingerprint density at radius 2 is 1.82 bits per heavy atom. The summed E-state index contributed by atoms with van der Waals surface area (Å²) in [5.41, 5.74) is 1.25. The van der Waals surface area contributed by atoms with Gasteiger partial charge in [-0.05, 0) is 42.5 Å². The van der Waals surface area contributed by atoms with E-state index < -0.39 is 5.97 Å². The number of carbonyl (C=O) groups is 1. The van der Waals surface area contributed by atoms with Crippen molar-refractivity contribution in [3.63, 3.8) is 0 Å². The van der Waals surface area contributed by atoms with E-state index in [1.807, 2.05) is 6.07 Å². The van der Waals surface area contributed by atoms with Crippen LogP contribution in [0.1, 0.15) is 5.69 Å². The zero-order valence-electron chi connectivity index (χ0n) is 15.3. The molecule has 0 unspecified atom stereocenters. The molecule has 1 aromatic heterocycles. The Labute approximate surface area is 165 Å². The molecule has 0 amide bonds. The van der Waals surface area contributed by atoms with Crippen LogP contribution in [0.25, 0.3) is 11.3 Å². The van der Waals surface area contributed by atoms with E-state index in [4.69, 9.17) is 18.7 Å². The predicted octanol–water partition coefficient (Wildman–Crippen LogP) is 4.33. The van der Waals surface area contributed by atoms with Crippen LogP contribution in [0.3, 0.4) is 0 Å². The van der Waals surface area contributed by atoms with Gasteiger partial charge in [0.1, 0.15) is 18.1 Å². The molecule has 0 fully saturated rings. The largest absolute Gasteiger partial charge is 0.493 e. The number of rotatable bonds is 8. The van der Waals surface area contributed by atoms with Gasteiger partial charge >= 0.3 is 5.97 Å². The number of hydrogen-bond acceptors (Lipinski definition) is 7. The molecule has 6 nitrogen and oxygen atoms in total. The maximum absolute atomic E-state index is 12.9. The van der Waals surface area contributed by atoms with Gasteiger partial charge in [-0.3, -0.25) is 4.79 Å². The first-order chi connectivity index (χ1) is 13.6. The first kappa shape index (κ1) is 19.8. The van der Waals surface area contributed by atoms with Crippen molar-refractivity contribution in [2.75, 3.05) is 20.0 Å². The van der Waals surface area contributed by atoms with Gasteiger partial charge in [-0.2, -0.15) is 0 Å². The van der Waals surface area contributed by atoms with Crippen LogP contribution in [0.2, 0.25) is 0 Å². The number of benzene rings is 2. The molecule has 28 heavy (non-hydrogen) atoms. The lowest BCUT2D eigenvalue weighted by molar-refractivity contribution is -0.141. The lowest BCUT2D eigenvalue weighted by Crippen LogP contribution is -2.07. The molecule has 0 bridgehead atoms. The Morgan fingerprint density at radius 1 is 1.07 bits per heavy atom. The number of nitrogens with zero attached hydrogens (tertiary/aromatic N) is 1. The van der Waals surface area contributed by atoms with Gasteiger partial charge in [-0.1, -0.05) is 5.16 Å². The normalized spacial score (nSPS) is 10.5. The van der Waals surface area contributed by atoms with Gasteiger partial charge in [0.15, 0.2) is 17.3 Å². The molecule has 3 aromatic rings. The van der Waals surface area contributed by atoms with Crippen LogP contribution in [0.4, 0.5) is 4.39 Å². The summed E-state index contributed by atoms with van der Waals surface area (Å²) >= 11 is 1.27. The Hall–Kier alpha value is -3.00. The molecular formula is C20H18FNO5S. The number of carbonyl (C=O) groups excluding carboxylic acids is 1. The Balaban J connectivity index is 1.54. The zero-order valence-corrected chi connectivity index (χ0v) is 16.1. The molecule has 0 saturated carbocycles. The molecule has 0 aliphatic carbocycles. The van der Waals surface area contributed by atoms with E-state index >= 15 is 0 Å². The lowest BCUT2D eigenvalue weighted by atomic mass is 10.1. The quantitative estimate of drug-likeness (QED) is 0.409. The van der Waals surface area contributed by atoms with Crippen LogP contribution in [-0.4, -0.2) is 31.1 Å². The summed E-state index contributed by atoms with van der Waals surface area (Å²) in [7, 11) is 3.11. The second-order valence-corrected chi connectivity index (χ2v) is 6.70. The Kier molecular flexibility index (Phi) is 6.54. The summed E-state index contributed by atoms with van der Waals surface area (Å²) in [4.78, 5) is 12.7. The highest BCUT2D eigenvalue weighted by Crippen LogP contribution is 2.32. The fourth-order valence-corrected chi connectivity index (χ4v) is 3.07. The average molecular weight is 403 g/mol. The number of ether oxygens (including phenoxy) is 3. The molecule has 2 aromatic carbocycles. The fraction of sp³-hybridized carbons (Fsp3) is 0.200. The molecule has 0 saturated heterocycles. The van der Waals surface area contributed by atoms with Crippen molar-refractivity contribution in [3.05, 3.63) is 60.0 Å². The number of aromatic nitrogens is 1. The van der Waals surface area contributed by atoms with E-state index in [1.54, 1.807) is 44.6 Å². The van der Waals surface area contributed by atoms with Crippen LogP contribution in [0.15, 0.2) is 57.9 Å². The summed E-state index contributed by atoms with van der Waals surface area (Å²) in [6, 6.07) is 13.0. The van der Waals surface area contributed by atoms with E-state index in [2.05, 4.69) is 5.16 Å². The van der Waals surface area contributed by atoms with Crippen LogP contribution < -0.4 is 9.47 Å². The molecule has 8 heteroatoms. The molecule has 0 atom stereocenters. The van der Waals surface area contributed by atoms with E-state index in [-0.39, 0.29) is 18.2 Å². The summed E-state index contributed by atoms with van der Waals surface area (Å²) in [5, 5.41) is 3.92. The van der Waals surface area contributed by atoms with Crippen LogP contribution in [-0.2, 0) is 16.1 Å². The lowest BCUT2D eigenvalue weighted by Gasteiger charge is -2.07. The van der Waals surface area contributed by atoms with E-state index in [0.29, 0.717) is 23.0 Å². The van der Waals surface area contributed by atoms with Crippen molar-refractivity contribution >= 4 is 17.7 Å². The van der Waals surface area contributed by atoms with Gasteiger partial charge in [0, 0.05) is 16.5 Å². The second kappa shape index (κ2) is 9.27. The maximum atomic E-state index is 12.9. The van der Waals surface area contributed by atoms with Crippen molar-refractivity contribution in [1.29, 1.82) is 0 Å². The third-order valence-corrected chi connectivity index (χ3v) is 4.76. The first-order valence-electron chi connectivity index (χ1n) is 8.31. The summed E-state index contributed by atoms with van der Waals surface area (Å²) < 4.78 is 33.9. The van der Waals surface area contributed by atoms with Gasteiger partial charge in [-0.15, -0.1) is 11.8 Å². The standard InChI is InChI=1S/C20H18FNO5S/c1-24-17-8-3-13(9-19(17)25-2)18-10-15(22-27-18)11-26-20(23)12-28-16-6-4-14(21)5-7-16/h3-10H,11-12H2,1-2H3. The van der Waals surface area contributed by atoms with Crippen LogP contribution >= 0.6 is 11.8 Å². The monoisotopic (exact) mass is 403 g/mol. The fourth-order valence-electron chi connectivity index (χ4n) is 2.37. The van der Waals surface area contributed by atoms with E-state index in [0.717, 1.165) is 10.5 Å². The number of halogens is 1. The topological polar surface area (TPSA) is 70.8 Å². The molecule has 0 aliphatic heterocycles. The smallest absolute Gasteiger partial charge is 0.316 e. The van der Waals surface area contributed by atoms with Crippen molar-refractivity contribution in [3.8, 4) is 22.8 Å². The van der Waals surface area contributed by atoms with E-state index in [1.165, 1.54) is 23.9 Å². The van der Waals surface area contributed by atoms with Crippen molar-refractivity contribution in [2.24, 2.45) is 0 Å². The van der Waals surface area contributed by atoms with Gasteiger partial charge in [0.05, 0.1) is 20.0 Å². The number of hydrogen-bond donors (Lipinski definition) is 0. The van der Waals surface area contributed by atoms with E-state index in [9.17, 15) is 9.18 Å². The minimum Gasteiger partial charge on any atom is -0.493 e.